The summed E-state index contributed by atoms with van der Waals surface area (Å²) < 4.78 is 124. The van der Waals surface area contributed by atoms with E-state index in [-0.39, 0.29) is 52.5 Å². The molecule has 0 N–H and O–H groups in total. The number of hydrogen-bond donors (Lipinski definition) is 0. The molecule has 2 saturated heterocycles. The maximum absolute atomic E-state index is 17.1. The molecule has 53 heavy (non-hydrogen) atoms. The fraction of sp³-hybridized carbons (Fsp3) is 0.444. The standard InChI is InChI=1S/C36H32F8N6O2S/c1-5-25(51)50-11-8-24(17(50)2)49(4)32-20-12-22(35(39,40)41)27(19-6-7-23(37)30-26(19)21(14-45)31(53-30)36(42,43)44)28(38)29(20)46-33(47-32)52-15-18-13-34(9-10-34)16-48(18)3/h5-7,12,17-18,24H,1,8-11,13,15-16H2,2-4H3/t17-,18+,24-/m1/s1. The van der Waals surface area contributed by atoms with E-state index in [9.17, 15) is 27.6 Å². The molecule has 1 amide bonds. The molecule has 8 nitrogen and oxygen atoms in total. The van der Waals surface area contributed by atoms with E-state index in [0.29, 0.717) is 25.1 Å². The Kier molecular flexibility index (Phi) is 8.88. The zero-order valence-corrected chi connectivity index (χ0v) is 29.4. The summed E-state index contributed by atoms with van der Waals surface area (Å²) in [4.78, 5) is 24.9. The Balaban J connectivity index is 1.45. The number of alkyl halides is 6. The number of likely N-dealkylation sites (tertiary alicyclic amines) is 2. The summed E-state index contributed by atoms with van der Waals surface area (Å²) in [6, 6.07) is 1.95. The van der Waals surface area contributed by atoms with Crippen LogP contribution < -0.4 is 9.64 Å². The Bertz CT molecular complexity index is 2210. The molecule has 0 unspecified atom stereocenters. The Morgan fingerprint density at radius 3 is 2.51 bits per heavy atom. The largest absolute Gasteiger partial charge is 0.462 e. The van der Waals surface area contributed by atoms with E-state index in [0.717, 1.165) is 37.9 Å². The van der Waals surface area contributed by atoms with Crippen molar-refractivity contribution in [2.45, 2.75) is 63.1 Å². The maximum atomic E-state index is 17.1. The van der Waals surface area contributed by atoms with Crippen molar-refractivity contribution in [3.8, 4) is 23.2 Å². The predicted octanol–water partition coefficient (Wildman–Crippen LogP) is 8.17. The number of carbonyl (C=O) groups is 1. The Hall–Kier alpha value is -4.56. The monoisotopic (exact) mass is 764 g/mol. The number of nitriles is 1. The summed E-state index contributed by atoms with van der Waals surface area (Å²) in [5.74, 6) is -3.29. The highest BCUT2D eigenvalue weighted by atomic mass is 32.1. The van der Waals surface area contributed by atoms with Crippen molar-refractivity contribution in [3.05, 3.63) is 58.5 Å². The zero-order valence-electron chi connectivity index (χ0n) is 28.6. The van der Waals surface area contributed by atoms with Crippen LogP contribution in [0.3, 0.4) is 0 Å². The second kappa shape index (κ2) is 12.8. The molecule has 2 aromatic heterocycles. The van der Waals surface area contributed by atoms with Gasteiger partial charge in [-0.25, -0.2) is 8.78 Å². The summed E-state index contributed by atoms with van der Waals surface area (Å²) in [5.41, 5.74) is -5.13. The van der Waals surface area contributed by atoms with Crippen molar-refractivity contribution >= 4 is 44.1 Å². The third-order valence-electron chi connectivity index (χ3n) is 10.9. The number of nitrogens with zero attached hydrogens (tertiary/aromatic N) is 6. The first kappa shape index (κ1) is 36.8. The van der Waals surface area contributed by atoms with Gasteiger partial charge in [0, 0.05) is 48.6 Å². The lowest BCUT2D eigenvalue weighted by Gasteiger charge is -2.32. The minimum Gasteiger partial charge on any atom is -0.462 e. The normalized spacial score (nSPS) is 21.5. The van der Waals surface area contributed by atoms with Gasteiger partial charge < -0.3 is 14.5 Å². The second-order valence-electron chi connectivity index (χ2n) is 14.1. The van der Waals surface area contributed by atoms with Gasteiger partial charge in [-0.15, -0.1) is 11.3 Å². The predicted molar refractivity (Wildman–Crippen MR) is 181 cm³/mol. The van der Waals surface area contributed by atoms with Crippen LogP contribution in [0.25, 0.3) is 32.1 Å². The molecule has 4 heterocycles. The number of rotatable bonds is 7. The number of ether oxygens (including phenoxy) is 1. The van der Waals surface area contributed by atoms with E-state index >= 15 is 17.6 Å². The van der Waals surface area contributed by atoms with Crippen LogP contribution in [-0.4, -0.2) is 77.6 Å². The smallest absolute Gasteiger partial charge is 0.426 e. The van der Waals surface area contributed by atoms with Crippen LogP contribution in [0.5, 0.6) is 6.01 Å². The molecule has 280 valence electrons. The molecule has 7 rings (SSSR count). The van der Waals surface area contributed by atoms with Gasteiger partial charge in [-0.05, 0) is 68.8 Å². The topological polar surface area (TPSA) is 85.6 Å². The zero-order chi connectivity index (χ0) is 38.4. The molecule has 1 spiro atoms. The number of anilines is 1. The third kappa shape index (κ3) is 6.23. The van der Waals surface area contributed by atoms with Gasteiger partial charge in [0.1, 0.15) is 34.7 Å². The highest BCUT2D eigenvalue weighted by Crippen LogP contribution is 2.54. The third-order valence-corrected chi connectivity index (χ3v) is 12.1. The van der Waals surface area contributed by atoms with Crippen molar-refractivity contribution in [3.63, 3.8) is 0 Å². The van der Waals surface area contributed by atoms with E-state index in [1.165, 1.54) is 11.0 Å². The Morgan fingerprint density at radius 2 is 1.91 bits per heavy atom. The van der Waals surface area contributed by atoms with Crippen molar-refractivity contribution in [2.75, 3.05) is 38.7 Å². The average Bonchev–Trinajstić information content (AvgIpc) is 3.39. The fourth-order valence-electron chi connectivity index (χ4n) is 8.00. The molecule has 0 bridgehead atoms. The van der Waals surface area contributed by atoms with Crippen molar-refractivity contribution in [1.29, 1.82) is 5.26 Å². The lowest BCUT2D eigenvalue weighted by molar-refractivity contribution is -0.137. The van der Waals surface area contributed by atoms with Gasteiger partial charge in [0.25, 0.3) is 0 Å². The molecule has 4 aromatic rings. The van der Waals surface area contributed by atoms with Gasteiger partial charge in [0.2, 0.25) is 5.91 Å². The van der Waals surface area contributed by atoms with E-state index in [2.05, 4.69) is 21.4 Å². The van der Waals surface area contributed by atoms with Gasteiger partial charge in [0.15, 0.2) is 5.82 Å². The van der Waals surface area contributed by atoms with Gasteiger partial charge in [0.05, 0.1) is 21.9 Å². The summed E-state index contributed by atoms with van der Waals surface area (Å²) in [6.07, 6.45) is -5.92. The maximum Gasteiger partial charge on any atom is 0.426 e. The molecule has 2 aromatic carbocycles. The number of fused-ring (bicyclic) bond motifs is 2. The van der Waals surface area contributed by atoms with Gasteiger partial charge in [-0.3, -0.25) is 9.69 Å². The number of likely N-dealkylation sites (N-methyl/N-ethyl adjacent to an activating group) is 2. The van der Waals surface area contributed by atoms with Crippen molar-refractivity contribution < 1.29 is 44.7 Å². The molecule has 3 aliphatic rings. The van der Waals surface area contributed by atoms with E-state index < -0.39 is 78.8 Å². The number of benzene rings is 2. The van der Waals surface area contributed by atoms with Crippen molar-refractivity contribution in [2.24, 2.45) is 5.41 Å². The van der Waals surface area contributed by atoms with Crippen LogP contribution in [0.4, 0.5) is 40.9 Å². The van der Waals surface area contributed by atoms with E-state index in [1.54, 1.807) is 18.9 Å². The van der Waals surface area contributed by atoms with Crippen LogP contribution in [0, 0.1) is 28.4 Å². The minimum atomic E-state index is -5.30. The van der Waals surface area contributed by atoms with E-state index in [4.69, 9.17) is 4.74 Å². The number of hydrogen-bond acceptors (Lipinski definition) is 8. The minimum absolute atomic E-state index is 0.0439. The molecule has 3 fully saturated rings. The summed E-state index contributed by atoms with van der Waals surface area (Å²) in [5, 5.41) is 8.59. The Morgan fingerprint density at radius 1 is 1.19 bits per heavy atom. The molecule has 3 atom stereocenters. The van der Waals surface area contributed by atoms with Crippen LogP contribution in [0.15, 0.2) is 30.9 Å². The SMILES string of the molecule is C=CC(=O)N1CC[C@@H](N(C)c2nc(OC[C@@H]3CC4(CC4)CN3C)nc3c(F)c(-c4ccc(F)c5sc(C(F)(F)F)c(C#N)c45)c(C(F)(F)F)cc23)[C@H]1C. The second-order valence-corrected chi connectivity index (χ2v) is 15.1. The average molecular weight is 765 g/mol. The molecule has 17 heteroatoms. The number of amides is 1. The molecular formula is C36H32F8N6O2S. The molecule has 2 aliphatic heterocycles. The van der Waals surface area contributed by atoms with Crippen molar-refractivity contribution in [1.82, 2.24) is 19.8 Å². The number of carbonyl (C=O) groups excluding carboxylic acids is 1. The van der Waals surface area contributed by atoms with Gasteiger partial charge >= 0.3 is 18.4 Å². The Labute approximate surface area is 302 Å². The molecule has 1 saturated carbocycles. The van der Waals surface area contributed by atoms with Crippen LogP contribution in [0.2, 0.25) is 0 Å². The van der Waals surface area contributed by atoms with Gasteiger partial charge in [-0.2, -0.15) is 41.6 Å². The first-order chi connectivity index (χ1) is 24.9. The molecule has 1 aliphatic carbocycles. The highest BCUT2D eigenvalue weighted by molar-refractivity contribution is 7.19. The number of thiophene rings is 1. The van der Waals surface area contributed by atoms with Crippen LogP contribution in [0.1, 0.15) is 48.6 Å². The van der Waals surface area contributed by atoms with E-state index in [1.807, 2.05) is 7.05 Å². The molecule has 0 radical (unpaired) electrons. The summed E-state index contributed by atoms with van der Waals surface area (Å²) in [7, 11) is 3.49. The summed E-state index contributed by atoms with van der Waals surface area (Å²) in [6.45, 7) is 6.53. The first-order valence-electron chi connectivity index (χ1n) is 16.7. The lowest BCUT2D eigenvalue weighted by atomic mass is 9.92. The van der Waals surface area contributed by atoms with Crippen LogP contribution in [-0.2, 0) is 17.1 Å². The fourth-order valence-corrected chi connectivity index (χ4v) is 9.05. The summed E-state index contributed by atoms with van der Waals surface area (Å²) >= 11 is -0.153. The number of aromatic nitrogens is 2. The number of halogens is 8. The quantitative estimate of drug-likeness (QED) is 0.139. The van der Waals surface area contributed by atoms with Gasteiger partial charge in [-0.1, -0.05) is 12.6 Å². The van der Waals surface area contributed by atoms with Crippen LogP contribution >= 0.6 is 11.3 Å². The first-order valence-corrected chi connectivity index (χ1v) is 17.5. The highest BCUT2D eigenvalue weighted by Gasteiger charge is 2.51. The lowest BCUT2D eigenvalue weighted by Crippen LogP contribution is -2.43. The molecular weight excluding hydrogens is 732 g/mol.